The average molecular weight is 346 g/mol. The fraction of sp³-hybridized carbons (Fsp3) is 0.133. The number of nitrogens with one attached hydrogen (secondary N) is 1. The molecular weight excluding hydrogens is 332 g/mol. The van der Waals surface area contributed by atoms with Crippen molar-refractivity contribution >= 4 is 23.3 Å². The van der Waals surface area contributed by atoms with E-state index in [1.165, 1.54) is 26.5 Å². The molecule has 0 radical (unpaired) electrons. The molecule has 0 atom stereocenters. The van der Waals surface area contributed by atoms with Crippen molar-refractivity contribution in [2.45, 2.75) is 0 Å². The standard InChI is InChI=1S/C15H14N4O6/c1-24-14-6-3-10(7-15(14)25-2)9-16-17-12-5-4-11(18(20)21)8-13(12)19(22)23/h3-9,17H,1-2H3/b16-9+. The number of nitro benzene ring substituents is 2. The van der Waals surface area contributed by atoms with Gasteiger partial charge in [-0.2, -0.15) is 5.10 Å². The molecule has 130 valence electrons. The number of hydrogen-bond donors (Lipinski definition) is 1. The van der Waals surface area contributed by atoms with Gasteiger partial charge < -0.3 is 9.47 Å². The lowest BCUT2D eigenvalue weighted by Crippen LogP contribution is -1.99. The largest absolute Gasteiger partial charge is 0.493 e. The van der Waals surface area contributed by atoms with E-state index in [1.54, 1.807) is 18.2 Å². The Bertz CT molecular complexity index is 837. The van der Waals surface area contributed by atoms with Gasteiger partial charge in [0.2, 0.25) is 0 Å². The Kier molecular flexibility index (Phi) is 5.46. The molecule has 0 aliphatic carbocycles. The molecule has 0 saturated heterocycles. The Morgan fingerprint density at radius 3 is 2.32 bits per heavy atom. The smallest absolute Gasteiger partial charge is 0.301 e. The lowest BCUT2D eigenvalue weighted by molar-refractivity contribution is -0.393. The van der Waals surface area contributed by atoms with Crippen molar-refractivity contribution in [1.29, 1.82) is 0 Å². The fourth-order valence-corrected chi connectivity index (χ4v) is 1.99. The van der Waals surface area contributed by atoms with Crippen LogP contribution in [0.25, 0.3) is 0 Å². The average Bonchev–Trinajstić information content (AvgIpc) is 2.61. The summed E-state index contributed by atoms with van der Waals surface area (Å²) in [7, 11) is 3.01. The maximum atomic E-state index is 11.0. The van der Waals surface area contributed by atoms with Crippen LogP contribution in [0, 0.1) is 20.2 Å². The van der Waals surface area contributed by atoms with Gasteiger partial charge in [-0.05, 0) is 29.8 Å². The van der Waals surface area contributed by atoms with Gasteiger partial charge >= 0.3 is 5.69 Å². The van der Waals surface area contributed by atoms with Crippen molar-refractivity contribution in [2.75, 3.05) is 19.6 Å². The molecule has 1 N–H and O–H groups in total. The summed E-state index contributed by atoms with van der Waals surface area (Å²) in [6, 6.07) is 8.33. The van der Waals surface area contributed by atoms with Crippen LogP contribution in [0.15, 0.2) is 41.5 Å². The summed E-state index contributed by atoms with van der Waals surface area (Å²) in [5.74, 6) is 1.06. The molecule has 0 aliphatic rings. The van der Waals surface area contributed by atoms with Crippen LogP contribution in [-0.2, 0) is 0 Å². The lowest BCUT2D eigenvalue weighted by Gasteiger charge is -2.07. The molecule has 0 spiro atoms. The van der Waals surface area contributed by atoms with Gasteiger partial charge in [0.25, 0.3) is 5.69 Å². The summed E-state index contributed by atoms with van der Waals surface area (Å²) in [6.07, 6.45) is 1.42. The summed E-state index contributed by atoms with van der Waals surface area (Å²) in [5.41, 5.74) is 2.39. The third-order valence-electron chi connectivity index (χ3n) is 3.20. The first-order chi connectivity index (χ1) is 12.0. The second kappa shape index (κ2) is 7.73. The lowest BCUT2D eigenvalue weighted by atomic mass is 10.2. The zero-order valence-corrected chi connectivity index (χ0v) is 13.3. The molecule has 10 nitrogen and oxygen atoms in total. The topological polar surface area (TPSA) is 129 Å². The zero-order valence-electron chi connectivity index (χ0n) is 13.3. The number of non-ortho nitro benzene ring substituents is 1. The highest BCUT2D eigenvalue weighted by Gasteiger charge is 2.19. The predicted molar refractivity (Wildman–Crippen MR) is 90.5 cm³/mol. The second-order valence-electron chi connectivity index (χ2n) is 4.70. The Balaban J connectivity index is 2.22. The Hall–Kier alpha value is -3.69. The number of anilines is 1. The van der Waals surface area contributed by atoms with Crippen LogP contribution in [0.3, 0.4) is 0 Å². The minimum Gasteiger partial charge on any atom is -0.493 e. The van der Waals surface area contributed by atoms with Crippen molar-refractivity contribution in [2.24, 2.45) is 5.10 Å². The second-order valence-corrected chi connectivity index (χ2v) is 4.70. The van der Waals surface area contributed by atoms with E-state index in [4.69, 9.17) is 9.47 Å². The Morgan fingerprint density at radius 2 is 1.72 bits per heavy atom. The van der Waals surface area contributed by atoms with Crippen LogP contribution in [0.1, 0.15) is 5.56 Å². The van der Waals surface area contributed by atoms with Crippen molar-refractivity contribution in [1.82, 2.24) is 0 Å². The summed E-state index contributed by atoms with van der Waals surface area (Å²) < 4.78 is 10.3. The molecule has 0 heterocycles. The minimum absolute atomic E-state index is 0.0346. The zero-order chi connectivity index (χ0) is 18.4. The van der Waals surface area contributed by atoms with Gasteiger partial charge in [-0.25, -0.2) is 0 Å². The molecule has 10 heteroatoms. The normalized spacial score (nSPS) is 10.5. The van der Waals surface area contributed by atoms with Crippen LogP contribution in [-0.4, -0.2) is 30.3 Å². The van der Waals surface area contributed by atoms with Crippen LogP contribution in [0.5, 0.6) is 11.5 Å². The summed E-state index contributed by atoms with van der Waals surface area (Å²) >= 11 is 0. The van der Waals surface area contributed by atoms with Gasteiger partial charge in [-0.15, -0.1) is 0 Å². The summed E-state index contributed by atoms with van der Waals surface area (Å²) in [4.78, 5) is 20.3. The minimum atomic E-state index is -0.721. The molecule has 0 aromatic heterocycles. The van der Waals surface area contributed by atoms with Crippen molar-refractivity contribution in [3.8, 4) is 11.5 Å². The predicted octanol–water partition coefficient (Wildman–Crippen LogP) is 2.97. The maximum absolute atomic E-state index is 11.0. The fourth-order valence-electron chi connectivity index (χ4n) is 1.99. The molecule has 2 aromatic carbocycles. The van der Waals surface area contributed by atoms with E-state index in [2.05, 4.69) is 10.5 Å². The number of rotatable bonds is 7. The first-order valence-corrected chi connectivity index (χ1v) is 6.90. The van der Waals surface area contributed by atoms with Crippen molar-refractivity contribution in [3.05, 3.63) is 62.2 Å². The highest BCUT2D eigenvalue weighted by atomic mass is 16.6. The number of benzene rings is 2. The molecule has 0 fully saturated rings. The first kappa shape index (κ1) is 17.7. The van der Waals surface area contributed by atoms with Gasteiger partial charge in [0.1, 0.15) is 5.69 Å². The molecule has 2 aromatic rings. The molecule has 0 saturated carbocycles. The monoisotopic (exact) mass is 346 g/mol. The number of methoxy groups -OCH3 is 2. The number of hydrazone groups is 1. The van der Waals surface area contributed by atoms with E-state index in [0.29, 0.717) is 17.1 Å². The van der Waals surface area contributed by atoms with Crippen LogP contribution < -0.4 is 14.9 Å². The summed E-state index contributed by atoms with van der Waals surface area (Å²) in [6.45, 7) is 0. The van der Waals surface area contributed by atoms with Gasteiger partial charge in [0.05, 0.1) is 36.3 Å². The van der Waals surface area contributed by atoms with E-state index in [-0.39, 0.29) is 11.4 Å². The Labute approximate surface area is 142 Å². The third-order valence-corrected chi connectivity index (χ3v) is 3.20. The molecule has 2 rings (SSSR count). The van der Waals surface area contributed by atoms with E-state index in [1.807, 2.05) is 0 Å². The highest BCUT2D eigenvalue weighted by molar-refractivity contribution is 5.82. The van der Waals surface area contributed by atoms with Gasteiger partial charge in [0, 0.05) is 6.07 Å². The third kappa shape index (κ3) is 4.19. The summed E-state index contributed by atoms with van der Waals surface area (Å²) in [5, 5.41) is 25.7. The maximum Gasteiger partial charge on any atom is 0.301 e. The van der Waals surface area contributed by atoms with E-state index in [0.717, 1.165) is 12.1 Å². The molecule has 0 bridgehead atoms. The molecule has 0 amide bonds. The SMILES string of the molecule is COc1ccc(/C=N/Nc2ccc([N+](=O)[O-])cc2[N+](=O)[O-])cc1OC. The highest BCUT2D eigenvalue weighted by Crippen LogP contribution is 2.29. The Morgan fingerprint density at radius 1 is 1.00 bits per heavy atom. The number of nitro groups is 2. The number of hydrogen-bond acceptors (Lipinski definition) is 8. The number of nitrogens with zero attached hydrogens (tertiary/aromatic N) is 3. The molecular formula is C15H14N4O6. The van der Waals surface area contributed by atoms with Gasteiger partial charge in [-0.1, -0.05) is 0 Å². The molecule has 25 heavy (non-hydrogen) atoms. The molecule has 0 aliphatic heterocycles. The van der Waals surface area contributed by atoms with Crippen LogP contribution in [0.4, 0.5) is 17.1 Å². The van der Waals surface area contributed by atoms with E-state index >= 15 is 0 Å². The molecule has 0 unspecified atom stereocenters. The first-order valence-electron chi connectivity index (χ1n) is 6.90. The quantitative estimate of drug-likeness (QED) is 0.463. The number of ether oxygens (including phenoxy) is 2. The van der Waals surface area contributed by atoms with E-state index in [9.17, 15) is 20.2 Å². The van der Waals surface area contributed by atoms with E-state index < -0.39 is 15.5 Å². The van der Waals surface area contributed by atoms with Crippen molar-refractivity contribution in [3.63, 3.8) is 0 Å². The van der Waals surface area contributed by atoms with Gasteiger partial charge in [0.15, 0.2) is 11.5 Å². The van der Waals surface area contributed by atoms with Crippen molar-refractivity contribution < 1.29 is 19.3 Å². The van der Waals surface area contributed by atoms with Gasteiger partial charge in [-0.3, -0.25) is 25.7 Å². The van der Waals surface area contributed by atoms with Crippen LogP contribution in [0.2, 0.25) is 0 Å². The van der Waals surface area contributed by atoms with Crippen LogP contribution >= 0.6 is 0 Å².